The van der Waals surface area contributed by atoms with E-state index < -0.39 is 0 Å². The second-order valence-electron chi connectivity index (χ2n) is 3.79. The zero-order valence-corrected chi connectivity index (χ0v) is 9.25. The molecule has 14 heavy (non-hydrogen) atoms. The van der Waals surface area contributed by atoms with Crippen molar-refractivity contribution < 1.29 is 14.6 Å². The molecule has 0 aliphatic rings. The third kappa shape index (κ3) is 8.01. The molecule has 1 atom stereocenters. The van der Waals surface area contributed by atoms with Gasteiger partial charge in [0.15, 0.2) is 0 Å². The summed E-state index contributed by atoms with van der Waals surface area (Å²) in [5.74, 6) is 0.156. The van der Waals surface area contributed by atoms with Crippen molar-refractivity contribution in [3.63, 3.8) is 0 Å². The lowest BCUT2D eigenvalue weighted by Crippen LogP contribution is -2.30. The van der Waals surface area contributed by atoms with Crippen LogP contribution < -0.4 is 5.32 Å². The second kappa shape index (κ2) is 7.76. The van der Waals surface area contributed by atoms with Crippen LogP contribution in [0.5, 0.6) is 0 Å². The number of hydrogen-bond acceptors (Lipinski definition) is 4. The first-order chi connectivity index (χ1) is 6.56. The van der Waals surface area contributed by atoms with E-state index in [0.29, 0.717) is 5.92 Å². The number of rotatable bonds is 7. The van der Waals surface area contributed by atoms with E-state index in [1.165, 1.54) is 0 Å². The van der Waals surface area contributed by atoms with Gasteiger partial charge in [0.2, 0.25) is 0 Å². The van der Waals surface area contributed by atoms with E-state index in [-0.39, 0.29) is 25.2 Å². The van der Waals surface area contributed by atoms with Gasteiger partial charge in [-0.2, -0.15) is 0 Å². The van der Waals surface area contributed by atoms with Crippen molar-refractivity contribution in [1.82, 2.24) is 5.32 Å². The van der Waals surface area contributed by atoms with Crippen LogP contribution in [0.4, 0.5) is 0 Å². The monoisotopic (exact) mass is 203 g/mol. The molecule has 0 aromatic rings. The molecule has 0 bridgehead atoms. The van der Waals surface area contributed by atoms with Crippen LogP contribution >= 0.6 is 0 Å². The standard InChI is InChI=1S/C10H21NO3/c1-8(2)14-10(13)7-11-6-9(3)4-5-12/h8-9,11-12H,4-7H2,1-3H3. The summed E-state index contributed by atoms with van der Waals surface area (Å²) in [4.78, 5) is 11.1. The Morgan fingerprint density at radius 1 is 1.43 bits per heavy atom. The van der Waals surface area contributed by atoms with Crippen LogP contribution in [0.15, 0.2) is 0 Å². The first-order valence-corrected chi connectivity index (χ1v) is 5.07. The molecule has 0 saturated carbocycles. The van der Waals surface area contributed by atoms with Gasteiger partial charge in [-0.25, -0.2) is 0 Å². The van der Waals surface area contributed by atoms with E-state index >= 15 is 0 Å². The van der Waals surface area contributed by atoms with Crippen LogP contribution in [0.2, 0.25) is 0 Å². The lowest BCUT2D eigenvalue weighted by atomic mass is 10.1. The van der Waals surface area contributed by atoms with Crippen LogP contribution in [0, 0.1) is 5.92 Å². The molecular weight excluding hydrogens is 182 g/mol. The molecular formula is C10H21NO3. The molecule has 0 aromatic heterocycles. The number of hydrogen-bond donors (Lipinski definition) is 2. The van der Waals surface area contributed by atoms with Crippen molar-refractivity contribution in [3.8, 4) is 0 Å². The highest BCUT2D eigenvalue weighted by atomic mass is 16.5. The normalized spacial score (nSPS) is 12.9. The molecule has 4 heteroatoms. The maximum absolute atomic E-state index is 11.1. The predicted molar refractivity (Wildman–Crippen MR) is 55.0 cm³/mol. The number of aliphatic hydroxyl groups is 1. The van der Waals surface area contributed by atoms with Gasteiger partial charge in [0.1, 0.15) is 0 Å². The number of carbonyl (C=O) groups is 1. The minimum Gasteiger partial charge on any atom is -0.462 e. The van der Waals surface area contributed by atoms with Crippen molar-refractivity contribution in [1.29, 1.82) is 0 Å². The van der Waals surface area contributed by atoms with Gasteiger partial charge in [-0.3, -0.25) is 4.79 Å². The fraction of sp³-hybridized carbons (Fsp3) is 0.900. The van der Waals surface area contributed by atoms with E-state index in [4.69, 9.17) is 9.84 Å². The third-order valence-electron chi connectivity index (χ3n) is 1.75. The molecule has 4 nitrogen and oxygen atoms in total. The van der Waals surface area contributed by atoms with Gasteiger partial charge in [0.25, 0.3) is 0 Å². The molecule has 0 aliphatic carbocycles. The molecule has 84 valence electrons. The van der Waals surface area contributed by atoms with E-state index in [1.54, 1.807) is 0 Å². The molecule has 0 fully saturated rings. The minimum absolute atomic E-state index is 0.0563. The molecule has 0 heterocycles. The van der Waals surface area contributed by atoms with Crippen molar-refractivity contribution >= 4 is 5.97 Å². The summed E-state index contributed by atoms with van der Waals surface area (Å²) in [6, 6.07) is 0. The Morgan fingerprint density at radius 2 is 2.07 bits per heavy atom. The molecule has 2 N–H and O–H groups in total. The van der Waals surface area contributed by atoms with Gasteiger partial charge >= 0.3 is 5.97 Å². The lowest BCUT2D eigenvalue weighted by molar-refractivity contribution is -0.146. The van der Waals surface area contributed by atoms with Gasteiger partial charge in [-0.15, -0.1) is 0 Å². The number of ether oxygens (including phenoxy) is 1. The Kier molecular flexibility index (Phi) is 7.42. The van der Waals surface area contributed by atoms with Crippen LogP contribution in [0.25, 0.3) is 0 Å². The fourth-order valence-electron chi connectivity index (χ4n) is 1.05. The largest absolute Gasteiger partial charge is 0.462 e. The Labute approximate surface area is 85.6 Å². The smallest absolute Gasteiger partial charge is 0.320 e. The van der Waals surface area contributed by atoms with Gasteiger partial charge in [0.05, 0.1) is 12.6 Å². The Hall–Kier alpha value is -0.610. The summed E-state index contributed by atoms with van der Waals surface area (Å²) in [6.45, 7) is 6.84. The van der Waals surface area contributed by atoms with Crippen LogP contribution in [-0.4, -0.2) is 36.9 Å². The zero-order valence-electron chi connectivity index (χ0n) is 9.25. The van der Waals surface area contributed by atoms with Crippen LogP contribution in [0.1, 0.15) is 27.2 Å². The van der Waals surface area contributed by atoms with Crippen molar-refractivity contribution in [2.24, 2.45) is 5.92 Å². The number of esters is 1. The molecule has 1 unspecified atom stereocenters. The molecule has 0 radical (unpaired) electrons. The molecule has 0 spiro atoms. The average molecular weight is 203 g/mol. The first-order valence-electron chi connectivity index (χ1n) is 5.07. The molecule has 0 rings (SSSR count). The number of carbonyl (C=O) groups excluding carboxylic acids is 1. The number of aliphatic hydroxyl groups excluding tert-OH is 1. The van der Waals surface area contributed by atoms with Crippen molar-refractivity contribution in [2.75, 3.05) is 19.7 Å². The summed E-state index contributed by atoms with van der Waals surface area (Å²) in [5.41, 5.74) is 0. The van der Waals surface area contributed by atoms with Gasteiger partial charge in [0, 0.05) is 6.61 Å². The van der Waals surface area contributed by atoms with Crippen LogP contribution in [-0.2, 0) is 9.53 Å². The maximum Gasteiger partial charge on any atom is 0.320 e. The van der Waals surface area contributed by atoms with Gasteiger partial charge in [-0.05, 0) is 32.7 Å². The quantitative estimate of drug-likeness (QED) is 0.593. The summed E-state index contributed by atoms with van der Waals surface area (Å²) in [5, 5.41) is 11.6. The predicted octanol–water partition coefficient (Wildman–Crippen LogP) is 0.546. The second-order valence-corrected chi connectivity index (χ2v) is 3.79. The number of nitrogens with one attached hydrogen (secondary N) is 1. The third-order valence-corrected chi connectivity index (χ3v) is 1.75. The van der Waals surface area contributed by atoms with E-state index in [1.807, 2.05) is 20.8 Å². The summed E-state index contributed by atoms with van der Waals surface area (Å²) in [7, 11) is 0. The van der Waals surface area contributed by atoms with Crippen molar-refractivity contribution in [2.45, 2.75) is 33.3 Å². The van der Waals surface area contributed by atoms with Gasteiger partial charge < -0.3 is 15.2 Å². The molecule has 0 saturated heterocycles. The maximum atomic E-state index is 11.1. The molecule has 0 aromatic carbocycles. The highest BCUT2D eigenvalue weighted by Gasteiger charge is 2.06. The first kappa shape index (κ1) is 13.4. The highest BCUT2D eigenvalue weighted by Crippen LogP contribution is 1.97. The Bertz CT molecular complexity index is 159. The van der Waals surface area contributed by atoms with Crippen molar-refractivity contribution in [3.05, 3.63) is 0 Å². The fourth-order valence-corrected chi connectivity index (χ4v) is 1.05. The van der Waals surface area contributed by atoms with E-state index in [0.717, 1.165) is 13.0 Å². The summed E-state index contributed by atoms with van der Waals surface area (Å²) in [6.07, 6.45) is 0.700. The molecule has 0 aliphatic heterocycles. The summed E-state index contributed by atoms with van der Waals surface area (Å²) >= 11 is 0. The Balaban J connectivity index is 3.39. The van der Waals surface area contributed by atoms with E-state index in [2.05, 4.69) is 5.32 Å². The average Bonchev–Trinajstić information content (AvgIpc) is 2.02. The topological polar surface area (TPSA) is 58.6 Å². The SMILES string of the molecule is CC(CCO)CNCC(=O)OC(C)C. The lowest BCUT2D eigenvalue weighted by Gasteiger charge is -2.11. The zero-order chi connectivity index (χ0) is 11.0. The highest BCUT2D eigenvalue weighted by molar-refractivity contribution is 5.71. The molecule has 0 amide bonds. The van der Waals surface area contributed by atoms with E-state index in [9.17, 15) is 4.79 Å². The minimum atomic E-state index is -0.226. The van der Waals surface area contributed by atoms with Gasteiger partial charge in [-0.1, -0.05) is 6.92 Å². The Morgan fingerprint density at radius 3 is 2.57 bits per heavy atom. The van der Waals surface area contributed by atoms with Crippen LogP contribution in [0.3, 0.4) is 0 Å². The summed E-state index contributed by atoms with van der Waals surface area (Å²) < 4.78 is 4.94.